The summed E-state index contributed by atoms with van der Waals surface area (Å²) < 4.78 is 6.34. The number of hydrogen-bond donors (Lipinski definition) is 2. The zero-order valence-electron chi connectivity index (χ0n) is 18.5. The fraction of sp³-hybridized carbons (Fsp3) is 0.214. The summed E-state index contributed by atoms with van der Waals surface area (Å²) in [5.41, 5.74) is 4.15. The van der Waals surface area contributed by atoms with Gasteiger partial charge in [0.25, 0.3) is 0 Å². The molecule has 0 radical (unpaired) electrons. The molecule has 0 spiro atoms. The van der Waals surface area contributed by atoms with Crippen molar-refractivity contribution < 1.29 is 9.84 Å². The number of phenolic OH excluding ortho intramolecular Hbond substituents is 1. The molecule has 2 N–H and O–H groups in total. The highest BCUT2D eigenvalue weighted by molar-refractivity contribution is 5.86. The zero-order valence-corrected chi connectivity index (χ0v) is 18.5. The van der Waals surface area contributed by atoms with Gasteiger partial charge in [0.05, 0.1) is 12.2 Å². The van der Waals surface area contributed by atoms with Gasteiger partial charge in [-0.15, -0.1) is 0 Å². The van der Waals surface area contributed by atoms with E-state index in [1.807, 2.05) is 37.3 Å². The Kier molecular flexibility index (Phi) is 5.46. The lowest BCUT2D eigenvalue weighted by molar-refractivity contribution is 0.190. The predicted molar refractivity (Wildman–Crippen MR) is 131 cm³/mol. The number of phenols is 1. The monoisotopic (exact) mass is 424 g/mol. The van der Waals surface area contributed by atoms with Crippen LogP contribution in [0.2, 0.25) is 0 Å². The van der Waals surface area contributed by atoms with Crippen LogP contribution in [-0.2, 0) is 0 Å². The van der Waals surface area contributed by atoms with E-state index in [0.29, 0.717) is 18.8 Å². The summed E-state index contributed by atoms with van der Waals surface area (Å²) >= 11 is 0. The first-order chi connectivity index (χ1) is 15.6. The fourth-order valence-corrected chi connectivity index (χ4v) is 4.46. The number of fused-ring (bicyclic) bond motifs is 2. The number of aryl methyl sites for hydroxylation is 1. The molecule has 32 heavy (non-hydrogen) atoms. The van der Waals surface area contributed by atoms with Gasteiger partial charge < -0.3 is 20.1 Å². The largest absolute Gasteiger partial charge is 0.508 e. The topological polar surface area (TPSA) is 44.7 Å². The van der Waals surface area contributed by atoms with Crippen LogP contribution in [0.4, 0.5) is 11.4 Å². The summed E-state index contributed by atoms with van der Waals surface area (Å²) in [5.74, 6) is 1.18. The van der Waals surface area contributed by atoms with E-state index in [2.05, 4.69) is 71.7 Å². The molecule has 1 aliphatic rings. The number of anilines is 2. The molecule has 0 saturated carbocycles. The Labute approximate surface area is 189 Å². The van der Waals surface area contributed by atoms with Crippen LogP contribution in [0.15, 0.2) is 84.9 Å². The lowest BCUT2D eigenvalue weighted by atomic mass is 9.99. The molecule has 4 nitrogen and oxygen atoms in total. The molecule has 1 unspecified atom stereocenters. The molecule has 2 atom stereocenters. The highest BCUT2D eigenvalue weighted by atomic mass is 16.5. The van der Waals surface area contributed by atoms with Crippen molar-refractivity contribution in [3.05, 3.63) is 96.1 Å². The summed E-state index contributed by atoms with van der Waals surface area (Å²) in [7, 11) is 0. The number of nitrogens with zero attached hydrogens (tertiary/aromatic N) is 1. The highest BCUT2D eigenvalue weighted by Gasteiger charge is 2.27. The van der Waals surface area contributed by atoms with Crippen LogP contribution in [0.5, 0.6) is 11.5 Å². The molecule has 162 valence electrons. The summed E-state index contributed by atoms with van der Waals surface area (Å²) in [6.07, 6.45) is -0.0224. The molecular weight excluding hydrogens is 396 g/mol. The predicted octanol–water partition coefficient (Wildman–Crippen LogP) is 6.10. The molecule has 0 aliphatic carbocycles. The molecule has 0 fully saturated rings. The van der Waals surface area contributed by atoms with Crippen molar-refractivity contribution in [1.29, 1.82) is 0 Å². The second kappa shape index (κ2) is 8.56. The van der Waals surface area contributed by atoms with E-state index >= 15 is 0 Å². The second-order valence-corrected chi connectivity index (χ2v) is 8.49. The molecule has 1 heterocycles. The molecule has 0 aromatic heterocycles. The van der Waals surface area contributed by atoms with E-state index in [4.69, 9.17) is 4.74 Å². The number of ether oxygens (including phenoxy) is 1. The van der Waals surface area contributed by atoms with Crippen molar-refractivity contribution in [1.82, 2.24) is 5.32 Å². The smallest absolute Gasteiger partial charge is 0.143 e. The van der Waals surface area contributed by atoms with E-state index in [9.17, 15) is 5.11 Å². The fourth-order valence-electron chi connectivity index (χ4n) is 4.46. The average molecular weight is 425 g/mol. The van der Waals surface area contributed by atoms with Crippen molar-refractivity contribution in [3.63, 3.8) is 0 Å². The Morgan fingerprint density at radius 1 is 1.00 bits per heavy atom. The first-order valence-corrected chi connectivity index (χ1v) is 11.1. The zero-order chi connectivity index (χ0) is 22.1. The number of rotatable bonds is 5. The van der Waals surface area contributed by atoms with Crippen molar-refractivity contribution in [3.8, 4) is 11.5 Å². The maximum absolute atomic E-state index is 10.3. The molecule has 0 bridgehead atoms. The minimum Gasteiger partial charge on any atom is -0.508 e. The Balaban J connectivity index is 1.37. The van der Waals surface area contributed by atoms with Crippen LogP contribution < -0.4 is 15.0 Å². The molecule has 0 saturated heterocycles. The Morgan fingerprint density at radius 2 is 1.78 bits per heavy atom. The molecule has 5 rings (SSSR count). The first-order valence-electron chi connectivity index (χ1n) is 11.1. The lowest BCUT2D eigenvalue weighted by Crippen LogP contribution is -2.44. The SMILES string of the molecule is Cc1ccc(N2CC(CN[C@H](C)c3cccc4ccccc34)Oc3ccccc32)cc1O. The van der Waals surface area contributed by atoms with Crippen LogP contribution in [0, 0.1) is 6.92 Å². The van der Waals surface area contributed by atoms with Gasteiger partial charge in [-0.2, -0.15) is 0 Å². The van der Waals surface area contributed by atoms with Crippen LogP contribution in [0.1, 0.15) is 24.1 Å². The second-order valence-electron chi connectivity index (χ2n) is 8.49. The Morgan fingerprint density at radius 3 is 2.66 bits per heavy atom. The molecule has 4 heteroatoms. The first kappa shape index (κ1) is 20.4. The van der Waals surface area contributed by atoms with E-state index in [1.165, 1.54) is 16.3 Å². The quantitative estimate of drug-likeness (QED) is 0.406. The van der Waals surface area contributed by atoms with Gasteiger partial charge in [0.15, 0.2) is 0 Å². The summed E-state index contributed by atoms with van der Waals surface area (Å²) in [6, 6.07) is 29.1. The third-order valence-corrected chi connectivity index (χ3v) is 6.28. The molecule has 4 aromatic rings. The van der Waals surface area contributed by atoms with E-state index in [-0.39, 0.29) is 12.1 Å². The summed E-state index contributed by atoms with van der Waals surface area (Å²) in [5, 5.41) is 16.5. The Hall–Kier alpha value is -3.50. The van der Waals surface area contributed by atoms with Gasteiger partial charge in [0.2, 0.25) is 0 Å². The molecule has 0 amide bonds. The average Bonchev–Trinajstić information content (AvgIpc) is 2.83. The highest BCUT2D eigenvalue weighted by Crippen LogP contribution is 2.39. The number of para-hydroxylation sites is 2. The maximum atomic E-state index is 10.3. The van der Waals surface area contributed by atoms with Gasteiger partial charge in [-0.1, -0.05) is 60.7 Å². The van der Waals surface area contributed by atoms with E-state index in [0.717, 1.165) is 22.7 Å². The van der Waals surface area contributed by atoms with Crippen LogP contribution in [-0.4, -0.2) is 24.3 Å². The van der Waals surface area contributed by atoms with Crippen LogP contribution >= 0.6 is 0 Å². The summed E-state index contributed by atoms with van der Waals surface area (Å²) in [4.78, 5) is 2.23. The molecule has 4 aromatic carbocycles. The number of nitrogens with one attached hydrogen (secondary N) is 1. The van der Waals surface area contributed by atoms with Crippen molar-refractivity contribution in [2.75, 3.05) is 18.0 Å². The standard InChI is InChI=1S/C28H28N2O2/c1-19-14-15-22(16-27(19)31)30-18-23(32-28-13-6-5-12-26(28)30)17-29-20(2)24-11-7-9-21-8-3-4-10-25(21)24/h3-16,20,23,29,31H,17-18H2,1-2H3/t20-,23?/m1/s1. The van der Waals surface area contributed by atoms with Gasteiger partial charge >= 0.3 is 0 Å². The molecule has 1 aliphatic heterocycles. The number of aromatic hydroxyl groups is 1. The van der Waals surface area contributed by atoms with E-state index in [1.54, 1.807) is 0 Å². The van der Waals surface area contributed by atoms with Crippen LogP contribution in [0.3, 0.4) is 0 Å². The minimum absolute atomic E-state index is 0.0224. The maximum Gasteiger partial charge on any atom is 0.143 e. The van der Waals surface area contributed by atoms with Crippen molar-refractivity contribution >= 4 is 22.1 Å². The lowest BCUT2D eigenvalue weighted by Gasteiger charge is -2.37. The summed E-state index contributed by atoms with van der Waals surface area (Å²) in [6.45, 7) is 5.53. The minimum atomic E-state index is -0.0224. The van der Waals surface area contributed by atoms with Gasteiger partial charge in [-0.25, -0.2) is 0 Å². The van der Waals surface area contributed by atoms with Gasteiger partial charge in [-0.3, -0.25) is 0 Å². The molecular formula is C28H28N2O2. The Bertz CT molecular complexity index is 1250. The van der Waals surface area contributed by atoms with Crippen LogP contribution in [0.25, 0.3) is 10.8 Å². The number of benzene rings is 4. The van der Waals surface area contributed by atoms with Crippen molar-refractivity contribution in [2.45, 2.75) is 26.0 Å². The van der Waals surface area contributed by atoms with Crippen molar-refractivity contribution in [2.24, 2.45) is 0 Å². The van der Waals surface area contributed by atoms with Gasteiger partial charge in [0.1, 0.15) is 17.6 Å². The number of hydrogen-bond acceptors (Lipinski definition) is 4. The normalized spacial score (nSPS) is 16.4. The van der Waals surface area contributed by atoms with Gasteiger partial charge in [-0.05, 0) is 53.9 Å². The third kappa shape index (κ3) is 3.90. The van der Waals surface area contributed by atoms with Gasteiger partial charge in [0, 0.05) is 24.3 Å². The third-order valence-electron chi connectivity index (χ3n) is 6.28. The van der Waals surface area contributed by atoms with E-state index < -0.39 is 0 Å².